The summed E-state index contributed by atoms with van der Waals surface area (Å²) < 4.78 is 5.18. The Hall–Kier alpha value is -1.92. The fraction of sp³-hybridized carbons (Fsp3) is 0.500. The summed E-state index contributed by atoms with van der Waals surface area (Å²) in [5.41, 5.74) is 6.56. The number of hydrogen-bond donors (Lipinski definition) is 2. The summed E-state index contributed by atoms with van der Waals surface area (Å²) in [6.07, 6.45) is 1.58. The molecule has 0 aromatic heterocycles. The summed E-state index contributed by atoms with van der Waals surface area (Å²) in [6.45, 7) is 4.28. The van der Waals surface area contributed by atoms with E-state index in [2.05, 4.69) is 13.8 Å². The van der Waals surface area contributed by atoms with Gasteiger partial charge in [-0.15, -0.1) is 0 Å². The Kier molecular flexibility index (Phi) is 7.56. The minimum absolute atomic E-state index is 0.209. The number of hydrogen-bond acceptors (Lipinski definition) is 4. The zero-order chi connectivity index (χ0) is 16.5. The van der Waals surface area contributed by atoms with Crippen LogP contribution in [0.25, 0.3) is 0 Å². The molecule has 0 spiro atoms. The number of benzene rings is 1. The molecule has 0 aliphatic carbocycles. The molecule has 6 nitrogen and oxygen atoms in total. The van der Waals surface area contributed by atoms with E-state index >= 15 is 0 Å². The summed E-state index contributed by atoms with van der Waals surface area (Å²) in [5, 5.41) is 10.4. The van der Waals surface area contributed by atoms with Crippen molar-refractivity contribution in [3.63, 3.8) is 0 Å². The number of hydroxylamine groups is 1. The van der Waals surface area contributed by atoms with E-state index in [0.29, 0.717) is 42.5 Å². The second-order valence-electron chi connectivity index (χ2n) is 5.43. The molecule has 0 fully saturated rings. The summed E-state index contributed by atoms with van der Waals surface area (Å²) in [5.74, 6) is -0.490. The molecule has 1 rings (SSSR count). The number of carbonyl (C=O) groups excluding carboxylic acids is 2. The SMILES string of the molecule is CC(C)c1ccc(N(O)C(=O)COCCCCC(N)=O)cc1. The summed E-state index contributed by atoms with van der Waals surface area (Å²) in [6, 6.07) is 7.14. The van der Waals surface area contributed by atoms with Gasteiger partial charge in [0.25, 0.3) is 5.91 Å². The molecule has 0 radical (unpaired) electrons. The van der Waals surface area contributed by atoms with Gasteiger partial charge in [-0.25, -0.2) is 0 Å². The second-order valence-corrected chi connectivity index (χ2v) is 5.43. The molecule has 0 atom stereocenters. The number of rotatable bonds is 9. The first kappa shape index (κ1) is 18.1. The maximum Gasteiger partial charge on any atom is 0.276 e. The highest BCUT2D eigenvalue weighted by atomic mass is 16.5. The quantitative estimate of drug-likeness (QED) is 0.415. The van der Waals surface area contributed by atoms with E-state index in [9.17, 15) is 14.8 Å². The van der Waals surface area contributed by atoms with E-state index < -0.39 is 5.91 Å². The molecule has 1 aromatic carbocycles. The Morgan fingerprint density at radius 1 is 1.23 bits per heavy atom. The van der Waals surface area contributed by atoms with Crippen LogP contribution in [0.1, 0.15) is 44.6 Å². The topological polar surface area (TPSA) is 92.9 Å². The number of amides is 2. The van der Waals surface area contributed by atoms with Crippen LogP contribution in [-0.4, -0.2) is 30.2 Å². The predicted molar refractivity (Wildman–Crippen MR) is 83.7 cm³/mol. The van der Waals surface area contributed by atoms with E-state index in [4.69, 9.17) is 10.5 Å². The number of primary amides is 1. The lowest BCUT2D eigenvalue weighted by atomic mass is 10.0. The molecular weight excluding hydrogens is 284 g/mol. The smallest absolute Gasteiger partial charge is 0.276 e. The number of carbonyl (C=O) groups is 2. The molecule has 0 heterocycles. The maximum atomic E-state index is 11.8. The third-order valence-corrected chi connectivity index (χ3v) is 3.23. The van der Waals surface area contributed by atoms with Crippen molar-refractivity contribution >= 4 is 17.5 Å². The summed E-state index contributed by atoms with van der Waals surface area (Å²) in [7, 11) is 0. The van der Waals surface area contributed by atoms with Crippen LogP contribution in [0.15, 0.2) is 24.3 Å². The average molecular weight is 308 g/mol. The molecule has 0 saturated carbocycles. The lowest BCUT2D eigenvalue weighted by Gasteiger charge is -2.16. The van der Waals surface area contributed by atoms with Crippen LogP contribution in [0.2, 0.25) is 0 Å². The molecule has 0 aliphatic rings. The van der Waals surface area contributed by atoms with E-state index in [0.717, 1.165) is 5.56 Å². The fourth-order valence-corrected chi connectivity index (χ4v) is 1.87. The lowest BCUT2D eigenvalue weighted by molar-refractivity contribution is -0.128. The number of nitrogens with zero attached hydrogens (tertiary/aromatic N) is 1. The van der Waals surface area contributed by atoms with E-state index in [1.165, 1.54) is 0 Å². The zero-order valence-electron chi connectivity index (χ0n) is 13.1. The molecule has 1 aromatic rings. The van der Waals surface area contributed by atoms with Crippen LogP contribution in [0.3, 0.4) is 0 Å². The van der Waals surface area contributed by atoms with Gasteiger partial charge in [0.05, 0.1) is 5.69 Å². The first-order chi connectivity index (χ1) is 10.4. The highest BCUT2D eigenvalue weighted by Crippen LogP contribution is 2.19. The first-order valence-electron chi connectivity index (χ1n) is 7.39. The standard InChI is InChI=1S/C16H24N2O4/c1-12(2)13-6-8-14(9-7-13)18(21)16(20)11-22-10-4-3-5-15(17)19/h6-9,12,21H,3-5,10-11H2,1-2H3,(H2,17,19). The Bertz CT molecular complexity index is 485. The monoisotopic (exact) mass is 308 g/mol. The zero-order valence-corrected chi connectivity index (χ0v) is 13.1. The van der Waals surface area contributed by atoms with Crippen molar-refractivity contribution in [2.45, 2.75) is 39.0 Å². The van der Waals surface area contributed by atoms with Gasteiger partial charge in [0.2, 0.25) is 5.91 Å². The largest absolute Gasteiger partial charge is 0.372 e. The third kappa shape index (κ3) is 6.24. The van der Waals surface area contributed by atoms with Gasteiger partial charge in [-0.05, 0) is 36.5 Å². The van der Waals surface area contributed by atoms with Crippen molar-refractivity contribution in [3.05, 3.63) is 29.8 Å². The Balaban J connectivity index is 2.34. The highest BCUT2D eigenvalue weighted by Gasteiger charge is 2.13. The van der Waals surface area contributed by atoms with E-state index in [-0.39, 0.29) is 12.5 Å². The molecule has 22 heavy (non-hydrogen) atoms. The fourth-order valence-electron chi connectivity index (χ4n) is 1.87. The van der Waals surface area contributed by atoms with Crippen molar-refractivity contribution in [2.75, 3.05) is 18.3 Å². The Morgan fingerprint density at radius 3 is 2.41 bits per heavy atom. The molecular formula is C16H24N2O4. The summed E-state index contributed by atoms with van der Waals surface area (Å²) >= 11 is 0. The van der Waals surface area contributed by atoms with Gasteiger partial charge in [0.1, 0.15) is 6.61 Å². The number of nitrogens with two attached hydrogens (primary N) is 1. The van der Waals surface area contributed by atoms with Crippen LogP contribution in [-0.2, 0) is 14.3 Å². The van der Waals surface area contributed by atoms with Crippen LogP contribution in [0, 0.1) is 0 Å². The second kappa shape index (κ2) is 9.17. The molecule has 3 N–H and O–H groups in total. The first-order valence-corrected chi connectivity index (χ1v) is 7.39. The van der Waals surface area contributed by atoms with Crippen molar-refractivity contribution in [2.24, 2.45) is 5.73 Å². The van der Waals surface area contributed by atoms with E-state index in [1.807, 2.05) is 12.1 Å². The van der Waals surface area contributed by atoms with Crippen molar-refractivity contribution in [1.82, 2.24) is 0 Å². The molecule has 0 saturated heterocycles. The molecule has 122 valence electrons. The Morgan fingerprint density at radius 2 is 1.86 bits per heavy atom. The van der Waals surface area contributed by atoms with Gasteiger partial charge in [-0.2, -0.15) is 5.06 Å². The van der Waals surface area contributed by atoms with Crippen LogP contribution in [0.4, 0.5) is 5.69 Å². The van der Waals surface area contributed by atoms with Crippen LogP contribution in [0.5, 0.6) is 0 Å². The van der Waals surface area contributed by atoms with E-state index in [1.54, 1.807) is 12.1 Å². The number of unbranched alkanes of at least 4 members (excludes halogenated alkanes) is 1. The summed E-state index contributed by atoms with van der Waals surface area (Å²) in [4.78, 5) is 22.3. The molecule has 2 amide bonds. The Labute approximate surface area is 130 Å². The van der Waals surface area contributed by atoms with Gasteiger partial charge >= 0.3 is 0 Å². The molecule has 0 bridgehead atoms. The van der Waals surface area contributed by atoms with Crippen molar-refractivity contribution in [1.29, 1.82) is 0 Å². The van der Waals surface area contributed by atoms with Crippen molar-refractivity contribution < 1.29 is 19.5 Å². The van der Waals surface area contributed by atoms with Crippen molar-refractivity contribution in [3.8, 4) is 0 Å². The maximum absolute atomic E-state index is 11.8. The highest BCUT2D eigenvalue weighted by molar-refractivity contribution is 5.91. The molecule has 0 aliphatic heterocycles. The third-order valence-electron chi connectivity index (χ3n) is 3.23. The number of ether oxygens (including phenoxy) is 1. The van der Waals surface area contributed by atoms with Gasteiger partial charge in [0, 0.05) is 13.0 Å². The minimum atomic E-state index is -0.535. The minimum Gasteiger partial charge on any atom is -0.372 e. The van der Waals surface area contributed by atoms with Gasteiger partial charge in [-0.3, -0.25) is 14.8 Å². The number of anilines is 1. The predicted octanol–water partition coefficient (Wildman–Crippen LogP) is 2.20. The molecule has 6 heteroatoms. The lowest BCUT2D eigenvalue weighted by Crippen LogP contribution is -2.30. The van der Waals surface area contributed by atoms with Gasteiger partial charge < -0.3 is 10.5 Å². The van der Waals surface area contributed by atoms with Crippen LogP contribution < -0.4 is 10.8 Å². The molecule has 0 unspecified atom stereocenters. The average Bonchev–Trinajstić information content (AvgIpc) is 2.49. The van der Waals surface area contributed by atoms with Crippen LogP contribution >= 0.6 is 0 Å². The van der Waals surface area contributed by atoms with Gasteiger partial charge in [-0.1, -0.05) is 26.0 Å². The van der Waals surface area contributed by atoms with Gasteiger partial charge in [0.15, 0.2) is 0 Å². The normalized spacial score (nSPS) is 10.7.